The van der Waals surface area contributed by atoms with E-state index in [1.807, 2.05) is 0 Å². The Balaban J connectivity index is 6.04. The summed E-state index contributed by atoms with van der Waals surface area (Å²) in [6.07, 6.45) is -18.9. The van der Waals surface area contributed by atoms with Crippen LogP contribution in [0.5, 0.6) is 0 Å². The second-order valence-electron chi connectivity index (χ2n) is 4.49. The molecule has 0 aliphatic heterocycles. The molecule has 0 saturated heterocycles. The average Bonchev–Trinajstić information content (AvgIpc) is 2.34. The summed E-state index contributed by atoms with van der Waals surface area (Å²) in [5.41, 5.74) is -5.81. The van der Waals surface area contributed by atoms with E-state index in [4.69, 9.17) is 0 Å². The van der Waals surface area contributed by atoms with Crippen molar-refractivity contribution in [3.8, 4) is 0 Å². The van der Waals surface area contributed by atoms with Crippen LogP contribution in [0.2, 0.25) is 0 Å². The fourth-order valence-electron chi connectivity index (χ4n) is 1.00. The minimum atomic E-state index is -7.37. The molecular formula is C9H4F14O2. The molecule has 0 aromatic heterocycles. The predicted octanol–water partition coefficient (Wildman–Crippen LogP) is 4.58. The smallest absolute Gasteiger partial charge is 0.435 e. The molecule has 0 saturated carbocycles. The van der Waals surface area contributed by atoms with E-state index in [0.717, 1.165) is 0 Å². The van der Waals surface area contributed by atoms with Gasteiger partial charge in [0.25, 0.3) is 5.60 Å². The third-order valence-electron chi connectivity index (χ3n) is 2.72. The van der Waals surface area contributed by atoms with Crippen molar-refractivity contribution < 1.29 is 71.0 Å². The Labute approximate surface area is 127 Å². The van der Waals surface area contributed by atoms with Gasteiger partial charge in [0, 0.05) is 0 Å². The molecular weight excluding hydrogens is 406 g/mol. The number of alkyl halides is 14. The highest BCUT2D eigenvalue weighted by Crippen LogP contribution is 2.51. The summed E-state index contributed by atoms with van der Waals surface area (Å²) >= 11 is 0. The standard InChI is InChI=1S/C9H4F14O2/c1-4(8(18,19)20,9(21,22)23)25-3(24)6(14,15)7(16,17)5(12,13)2(10)11/h2H,1H3. The quantitative estimate of drug-likeness (QED) is 0.490. The summed E-state index contributed by atoms with van der Waals surface area (Å²) in [4.78, 5) is 10.7. The van der Waals surface area contributed by atoms with E-state index in [9.17, 15) is 66.3 Å². The van der Waals surface area contributed by atoms with Gasteiger partial charge in [0.1, 0.15) is 0 Å². The van der Waals surface area contributed by atoms with Crippen molar-refractivity contribution in [2.75, 3.05) is 0 Å². The molecule has 0 fully saturated rings. The normalized spacial score (nSPS) is 15.5. The van der Waals surface area contributed by atoms with Crippen molar-refractivity contribution >= 4 is 5.97 Å². The Bertz CT molecular complexity index is 487. The summed E-state index contributed by atoms with van der Waals surface area (Å²) in [5.74, 6) is -26.0. The number of carbonyl (C=O) groups excluding carboxylic acids is 1. The van der Waals surface area contributed by atoms with E-state index in [-0.39, 0.29) is 0 Å². The Kier molecular flexibility index (Phi) is 5.67. The molecule has 0 N–H and O–H groups in total. The van der Waals surface area contributed by atoms with Crippen LogP contribution < -0.4 is 0 Å². The third kappa shape index (κ3) is 3.56. The molecule has 150 valence electrons. The first-order valence-electron chi connectivity index (χ1n) is 5.36. The van der Waals surface area contributed by atoms with E-state index in [2.05, 4.69) is 4.74 Å². The van der Waals surface area contributed by atoms with Crippen molar-refractivity contribution in [3.05, 3.63) is 0 Å². The Morgan fingerprint density at radius 2 is 1.08 bits per heavy atom. The van der Waals surface area contributed by atoms with Gasteiger partial charge in [-0.05, 0) is 6.92 Å². The number of halogens is 14. The molecule has 0 spiro atoms. The molecule has 0 heterocycles. The Morgan fingerprint density at radius 3 is 1.32 bits per heavy atom. The number of hydrogen-bond donors (Lipinski definition) is 0. The van der Waals surface area contributed by atoms with Crippen LogP contribution in [0, 0.1) is 0 Å². The topological polar surface area (TPSA) is 26.3 Å². The largest absolute Gasteiger partial charge is 0.437 e. The second-order valence-corrected chi connectivity index (χ2v) is 4.49. The molecule has 0 amide bonds. The van der Waals surface area contributed by atoms with Crippen LogP contribution in [0.3, 0.4) is 0 Å². The summed E-state index contributed by atoms with van der Waals surface area (Å²) in [7, 11) is 0. The van der Waals surface area contributed by atoms with Crippen LogP contribution >= 0.6 is 0 Å². The maximum Gasteiger partial charge on any atom is 0.437 e. The summed E-state index contributed by atoms with van der Waals surface area (Å²) in [6.45, 7) is -1.08. The molecule has 0 aliphatic rings. The summed E-state index contributed by atoms with van der Waals surface area (Å²) in [5, 5.41) is 0. The Hall–Kier alpha value is -1.51. The number of rotatable bonds is 5. The van der Waals surface area contributed by atoms with Crippen LogP contribution in [-0.2, 0) is 9.53 Å². The van der Waals surface area contributed by atoms with E-state index in [0.29, 0.717) is 0 Å². The van der Waals surface area contributed by atoms with E-state index >= 15 is 0 Å². The van der Waals surface area contributed by atoms with Crippen LogP contribution in [0.1, 0.15) is 6.92 Å². The lowest BCUT2D eigenvalue weighted by atomic mass is 10.0. The first-order valence-corrected chi connectivity index (χ1v) is 5.36. The predicted molar refractivity (Wildman–Crippen MR) is 47.5 cm³/mol. The average molecular weight is 410 g/mol. The lowest BCUT2D eigenvalue weighted by Crippen LogP contribution is -2.64. The van der Waals surface area contributed by atoms with Crippen LogP contribution in [0.15, 0.2) is 0 Å². The van der Waals surface area contributed by atoms with E-state index in [1.165, 1.54) is 0 Å². The number of carbonyl (C=O) groups is 1. The van der Waals surface area contributed by atoms with Gasteiger partial charge >= 0.3 is 42.5 Å². The number of esters is 1. The van der Waals surface area contributed by atoms with Gasteiger partial charge in [0.2, 0.25) is 0 Å². The zero-order valence-electron chi connectivity index (χ0n) is 11.2. The fourth-order valence-corrected chi connectivity index (χ4v) is 1.00. The highest BCUT2D eigenvalue weighted by molar-refractivity contribution is 5.79. The maximum atomic E-state index is 13.0. The number of hydrogen-bond acceptors (Lipinski definition) is 2. The van der Waals surface area contributed by atoms with E-state index < -0.39 is 55.0 Å². The molecule has 0 unspecified atom stereocenters. The van der Waals surface area contributed by atoms with Crippen molar-refractivity contribution in [1.29, 1.82) is 0 Å². The van der Waals surface area contributed by atoms with E-state index in [1.54, 1.807) is 0 Å². The van der Waals surface area contributed by atoms with Gasteiger partial charge in [0.05, 0.1) is 0 Å². The lowest BCUT2D eigenvalue weighted by molar-refractivity contribution is -0.377. The molecule has 0 aliphatic carbocycles. The van der Waals surface area contributed by atoms with Gasteiger partial charge in [-0.15, -0.1) is 0 Å². The minimum absolute atomic E-state index is 1.08. The first kappa shape index (κ1) is 23.5. The molecule has 16 heteroatoms. The van der Waals surface area contributed by atoms with Crippen molar-refractivity contribution in [1.82, 2.24) is 0 Å². The molecule has 0 radical (unpaired) electrons. The summed E-state index contributed by atoms with van der Waals surface area (Å²) in [6, 6.07) is 0. The van der Waals surface area contributed by atoms with Gasteiger partial charge < -0.3 is 4.74 Å². The van der Waals surface area contributed by atoms with Crippen LogP contribution in [0.25, 0.3) is 0 Å². The molecule has 0 atom stereocenters. The Morgan fingerprint density at radius 1 is 0.760 bits per heavy atom. The highest BCUT2D eigenvalue weighted by Gasteiger charge is 2.81. The lowest BCUT2D eigenvalue weighted by Gasteiger charge is -2.36. The van der Waals surface area contributed by atoms with Gasteiger partial charge in [-0.25, -0.2) is 13.6 Å². The van der Waals surface area contributed by atoms with Crippen LogP contribution in [-0.4, -0.2) is 48.1 Å². The molecule has 0 aromatic carbocycles. The maximum absolute atomic E-state index is 13.0. The van der Waals surface area contributed by atoms with Gasteiger partial charge in [-0.1, -0.05) is 0 Å². The second kappa shape index (κ2) is 6.03. The van der Waals surface area contributed by atoms with Crippen LogP contribution in [0.4, 0.5) is 61.5 Å². The minimum Gasteiger partial charge on any atom is -0.435 e. The van der Waals surface area contributed by atoms with Gasteiger partial charge in [0.15, 0.2) is 0 Å². The zero-order valence-corrected chi connectivity index (χ0v) is 11.2. The fraction of sp³-hybridized carbons (Fsp3) is 0.889. The molecule has 0 bridgehead atoms. The van der Waals surface area contributed by atoms with Gasteiger partial charge in [-0.3, -0.25) is 0 Å². The highest BCUT2D eigenvalue weighted by atomic mass is 19.4. The number of ether oxygens (including phenoxy) is 1. The molecule has 2 nitrogen and oxygen atoms in total. The third-order valence-corrected chi connectivity index (χ3v) is 2.72. The summed E-state index contributed by atoms with van der Waals surface area (Å²) < 4.78 is 176. The van der Waals surface area contributed by atoms with Crippen molar-refractivity contribution in [3.63, 3.8) is 0 Å². The first-order chi connectivity index (χ1) is 10.6. The van der Waals surface area contributed by atoms with Crippen molar-refractivity contribution in [2.45, 2.75) is 49.1 Å². The zero-order chi connectivity index (χ0) is 20.9. The monoisotopic (exact) mass is 410 g/mol. The molecule has 0 aromatic rings. The van der Waals surface area contributed by atoms with Crippen molar-refractivity contribution in [2.24, 2.45) is 0 Å². The SMILES string of the molecule is CC(OC(=O)C(F)(F)C(F)(F)C(F)(F)C(F)F)(C(F)(F)F)C(F)(F)F. The van der Waals surface area contributed by atoms with Gasteiger partial charge in [-0.2, -0.15) is 52.7 Å². The molecule has 0 rings (SSSR count). The molecule has 25 heavy (non-hydrogen) atoms.